The highest BCUT2D eigenvalue weighted by Crippen LogP contribution is 2.23. The molecule has 4 N–H and O–H groups in total. The minimum absolute atomic E-state index is 0.464. The number of aliphatic hydroxyl groups is 4. The van der Waals surface area contributed by atoms with E-state index in [2.05, 4.69) is 0 Å². The van der Waals surface area contributed by atoms with Gasteiger partial charge in [0.2, 0.25) is 0 Å². The fraction of sp³-hybridized carbons (Fsp3) is 1.00. The Hall–Kier alpha value is -0.320. The summed E-state index contributed by atoms with van der Waals surface area (Å²) in [6.07, 6.45) is -6.09. The van der Waals surface area contributed by atoms with Crippen molar-refractivity contribution in [2.75, 3.05) is 32.9 Å². The zero-order chi connectivity index (χ0) is 13.1. The van der Waals surface area contributed by atoms with Crippen LogP contribution in [0.4, 0.5) is 0 Å². The van der Waals surface area contributed by atoms with E-state index in [0.29, 0.717) is 26.3 Å². The molecule has 0 bridgehead atoms. The summed E-state index contributed by atoms with van der Waals surface area (Å²) < 4.78 is 10.0. The van der Waals surface area contributed by atoms with Crippen LogP contribution in [0.5, 0.6) is 0 Å². The van der Waals surface area contributed by atoms with Gasteiger partial charge in [-0.05, 0) is 0 Å². The van der Waals surface area contributed by atoms with E-state index < -0.39 is 37.3 Å². The second-order valence-corrected chi connectivity index (χ2v) is 4.34. The predicted molar refractivity (Wildman–Crippen MR) is 57.2 cm³/mol. The molecular formula is C10H19NO7. The van der Waals surface area contributed by atoms with Gasteiger partial charge in [0.05, 0.1) is 19.8 Å². The van der Waals surface area contributed by atoms with Gasteiger partial charge in [-0.25, -0.2) is 0 Å². The largest absolute Gasteiger partial charge is 0.394 e. The van der Waals surface area contributed by atoms with Crippen molar-refractivity contribution in [2.24, 2.45) is 0 Å². The first-order valence-electron chi connectivity index (χ1n) is 5.93. The van der Waals surface area contributed by atoms with Crippen LogP contribution in [-0.4, -0.2) is 89.1 Å². The van der Waals surface area contributed by atoms with Gasteiger partial charge in [-0.15, -0.1) is 0 Å². The molecule has 106 valence electrons. The van der Waals surface area contributed by atoms with Crippen LogP contribution < -0.4 is 0 Å². The van der Waals surface area contributed by atoms with Gasteiger partial charge in [0.15, 0.2) is 6.29 Å². The van der Waals surface area contributed by atoms with E-state index in [1.54, 1.807) is 5.06 Å². The molecule has 5 atom stereocenters. The molecule has 0 aromatic rings. The summed E-state index contributed by atoms with van der Waals surface area (Å²) in [5, 5.41) is 39.7. The lowest BCUT2D eigenvalue weighted by molar-refractivity contribution is -0.341. The molecule has 8 nitrogen and oxygen atoms in total. The van der Waals surface area contributed by atoms with E-state index >= 15 is 0 Å². The Morgan fingerprint density at radius 3 is 2.39 bits per heavy atom. The summed E-state index contributed by atoms with van der Waals surface area (Å²) in [5.74, 6) is 0. The third kappa shape index (κ3) is 2.98. The molecule has 2 fully saturated rings. The van der Waals surface area contributed by atoms with Crippen LogP contribution >= 0.6 is 0 Å². The lowest BCUT2D eigenvalue weighted by Gasteiger charge is -2.42. The Morgan fingerprint density at radius 1 is 1.11 bits per heavy atom. The monoisotopic (exact) mass is 265 g/mol. The fourth-order valence-corrected chi connectivity index (χ4v) is 2.02. The average molecular weight is 265 g/mol. The van der Waals surface area contributed by atoms with Crippen LogP contribution in [0, 0.1) is 0 Å². The predicted octanol–water partition coefficient (Wildman–Crippen LogP) is -2.95. The lowest BCUT2D eigenvalue weighted by Crippen LogP contribution is -2.61. The minimum Gasteiger partial charge on any atom is -0.394 e. The van der Waals surface area contributed by atoms with Gasteiger partial charge in [0.1, 0.15) is 24.4 Å². The van der Waals surface area contributed by atoms with Gasteiger partial charge < -0.3 is 29.9 Å². The SMILES string of the molecule is OC[C@H]1O[C@@H](O)[C@H](O)[C@@H](ON2CCOCC2)[C@@H]1O. The van der Waals surface area contributed by atoms with E-state index in [1.165, 1.54) is 0 Å². The van der Waals surface area contributed by atoms with Crippen molar-refractivity contribution in [3.05, 3.63) is 0 Å². The van der Waals surface area contributed by atoms with Crippen LogP contribution in [0.15, 0.2) is 0 Å². The first-order valence-corrected chi connectivity index (χ1v) is 5.93. The van der Waals surface area contributed by atoms with Crippen molar-refractivity contribution in [2.45, 2.75) is 30.7 Å². The Morgan fingerprint density at radius 2 is 1.78 bits per heavy atom. The smallest absolute Gasteiger partial charge is 0.184 e. The molecular weight excluding hydrogens is 246 g/mol. The van der Waals surface area contributed by atoms with Crippen LogP contribution in [0.3, 0.4) is 0 Å². The number of rotatable bonds is 3. The van der Waals surface area contributed by atoms with E-state index in [4.69, 9.17) is 19.4 Å². The Labute approximate surface area is 104 Å². The number of nitrogens with zero attached hydrogens (tertiary/aromatic N) is 1. The van der Waals surface area contributed by atoms with E-state index in [1.807, 2.05) is 0 Å². The Kier molecular flexibility index (Phi) is 4.87. The standard InChI is InChI=1S/C10H19NO7/c12-5-6-7(13)9(8(14)10(15)17-6)18-11-1-3-16-4-2-11/h6-10,12-15H,1-5H2/t6-,7-,8-,9+,10-/m1/s1. The van der Waals surface area contributed by atoms with E-state index in [-0.39, 0.29) is 0 Å². The maximum Gasteiger partial charge on any atom is 0.184 e. The number of hydroxylamine groups is 2. The molecule has 2 saturated heterocycles. The summed E-state index contributed by atoms with van der Waals surface area (Å²) in [7, 11) is 0. The Balaban J connectivity index is 1.98. The highest BCUT2D eigenvalue weighted by atomic mass is 16.7. The van der Waals surface area contributed by atoms with Gasteiger partial charge in [0, 0.05) is 13.1 Å². The van der Waals surface area contributed by atoms with Gasteiger partial charge in [-0.2, -0.15) is 5.06 Å². The summed E-state index contributed by atoms with van der Waals surface area (Å²) in [6, 6.07) is 0. The van der Waals surface area contributed by atoms with Gasteiger partial charge >= 0.3 is 0 Å². The quantitative estimate of drug-likeness (QED) is 0.428. The summed E-state index contributed by atoms with van der Waals surface area (Å²) in [5.41, 5.74) is 0. The van der Waals surface area contributed by atoms with Crippen LogP contribution in [0.2, 0.25) is 0 Å². The van der Waals surface area contributed by atoms with Crippen molar-refractivity contribution in [3.63, 3.8) is 0 Å². The van der Waals surface area contributed by atoms with Crippen LogP contribution in [0.1, 0.15) is 0 Å². The first-order chi connectivity index (χ1) is 8.63. The van der Waals surface area contributed by atoms with Crippen LogP contribution in [0.25, 0.3) is 0 Å². The average Bonchev–Trinajstić information content (AvgIpc) is 2.40. The Bertz CT molecular complexity index is 261. The van der Waals surface area contributed by atoms with Crippen LogP contribution in [-0.2, 0) is 14.3 Å². The molecule has 0 saturated carbocycles. The third-order valence-electron chi connectivity index (χ3n) is 3.08. The zero-order valence-corrected chi connectivity index (χ0v) is 9.88. The molecule has 0 radical (unpaired) electrons. The number of ether oxygens (including phenoxy) is 2. The third-order valence-corrected chi connectivity index (χ3v) is 3.08. The molecule has 0 aromatic carbocycles. The fourth-order valence-electron chi connectivity index (χ4n) is 2.02. The normalized spacial score (nSPS) is 43.0. The highest BCUT2D eigenvalue weighted by molar-refractivity contribution is 4.89. The second kappa shape index (κ2) is 6.22. The van der Waals surface area contributed by atoms with Crippen molar-refractivity contribution in [1.29, 1.82) is 0 Å². The number of morpholine rings is 1. The number of hydrogen-bond acceptors (Lipinski definition) is 8. The first kappa shape index (κ1) is 14.1. The number of hydrogen-bond donors (Lipinski definition) is 4. The molecule has 0 unspecified atom stereocenters. The van der Waals surface area contributed by atoms with Gasteiger partial charge in [0.25, 0.3) is 0 Å². The molecule has 2 aliphatic rings. The summed E-state index contributed by atoms with van der Waals surface area (Å²) in [4.78, 5) is 5.46. The molecule has 18 heavy (non-hydrogen) atoms. The second-order valence-electron chi connectivity index (χ2n) is 4.34. The van der Waals surface area contributed by atoms with Crippen molar-refractivity contribution < 1.29 is 34.7 Å². The molecule has 0 amide bonds. The maximum absolute atomic E-state index is 9.91. The molecule has 2 heterocycles. The summed E-state index contributed by atoms with van der Waals surface area (Å²) in [6.45, 7) is 1.56. The van der Waals surface area contributed by atoms with Crippen molar-refractivity contribution in [3.8, 4) is 0 Å². The van der Waals surface area contributed by atoms with Gasteiger partial charge in [-0.1, -0.05) is 0 Å². The molecule has 2 rings (SSSR count). The lowest BCUT2D eigenvalue weighted by atomic mass is 9.99. The summed E-state index contributed by atoms with van der Waals surface area (Å²) >= 11 is 0. The molecule has 2 aliphatic heterocycles. The van der Waals surface area contributed by atoms with Crippen molar-refractivity contribution >= 4 is 0 Å². The topological polar surface area (TPSA) is 112 Å². The van der Waals surface area contributed by atoms with Crippen molar-refractivity contribution in [1.82, 2.24) is 5.06 Å². The molecule has 0 aliphatic carbocycles. The highest BCUT2D eigenvalue weighted by Gasteiger charge is 2.45. The molecule has 0 spiro atoms. The number of aliphatic hydroxyl groups excluding tert-OH is 4. The van der Waals surface area contributed by atoms with Gasteiger partial charge in [-0.3, -0.25) is 4.84 Å². The molecule has 0 aromatic heterocycles. The van der Waals surface area contributed by atoms with E-state index in [0.717, 1.165) is 0 Å². The maximum atomic E-state index is 9.91. The molecule has 8 heteroatoms. The minimum atomic E-state index is -1.49. The van der Waals surface area contributed by atoms with E-state index in [9.17, 15) is 15.3 Å². The zero-order valence-electron chi connectivity index (χ0n) is 9.88.